The number of furan rings is 1. The standard InChI is InChI=1S/C26H31ClN2O3/c1-16(2)19-5-7-20(8-6-19)23(29-9-11-31-12-10-29)15-28-26(30)25-18(4)21-14-22(27)17(3)13-24(21)32-25/h5-8,13-14,16,23H,9-12,15H2,1-4H3,(H,28,30). The van der Waals surface area contributed by atoms with Crippen LogP contribution in [-0.2, 0) is 4.74 Å². The molecule has 0 spiro atoms. The van der Waals surface area contributed by atoms with E-state index in [9.17, 15) is 4.79 Å². The smallest absolute Gasteiger partial charge is 0.287 e. The fraction of sp³-hybridized carbons (Fsp3) is 0.423. The molecule has 2 heterocycles. The minimum Gasteiger partial charge on any atom is -0.451 e. The Balaban J connectivity index is 1.55. The lowest BCUT2D eigenvalue weighted by atomic mass is 9.98. The van der Waals surface area contributed by atoms with Gasteiger partial charge in [-0.15, -0.1) is 0 Å². The van der Waals surface area contributed by atoms with Crippen LogP contribution >= 0.6 is 11.6 Å². The van der Waals surface area contributed by atoms with Gasteiger partial charge >= 0.3 is 0 Å². The summed E-state index contributed by atoms with van der Waals surface area (Å²) in [6.07, 6.45) is 0. The Bertz CT molecular complexity index is 1100. The number of aryl methyl sites for hydroxylation is 2. The molecule has 1 amide bonds. The number of nitrogens with zero attached hydrogens (tertiary/aromatic N) is 1. The lowest BCUT2D eigenvalue weighted by Gasteiger charge is -2.35. The van der Waals surface area contributed by atoms with Crippen LogP contribution in [0.1, 0.15) is 58.6 Å². The maximum Gasteiger partial charge on any atom is 0.287 e. The van der Waals surface area contributed by atoms with E-state index in [1.807, 2.05) is 26.0 Å². The average Bonchev–Trinajstić information content (AvgIpc) is 3.10. The Kier molecular flexibility index (Phi) is 6.89. The highest BCUT2D eigenvalue weighted by Gasteiger charge is 2.25. The van der Waals surface area contributed by atoms with Crippen LogP contribution in [0.15, 0.2) is 40.8 Å². The highest BCUT2D eigenvalue weighted by Crippen LogP contribution is 2.30. The molecule has 4 rings (SSSR count). The number of carbonyl (C=O) groups excluding carboxylic acids is 1. The molecule has 1 fully saturated rings. The first-order valence-corrected chi connectivity index (χ1v) is 11.6. The summed E-state index contributed by atoms with van der Waals surface area (Å²) < 4.78 is 11.5. The SMILES string of the molecule is Cc1cc2oc(C(=O)NCC(c3ccc(C(C)C)cc3)N3CCOCC3)c(C)c2cc1Cl. The topological polar surface area (TPSA) is 54.7 Å². The van der Waals surface area contributed by atoms with Crippen LogP contribution in [0.3, 0.4) is 0 Å². The normalized spacial score (nSPS) is 15.9. The molecule has 1 aliphatic rings. The van der Waals surface area contributed by atoms with Crippen molar-refractivity contribution in [3.05, 3.63) is 69.4 Å². The van der Waals surface area contributed by atoms with Crippen molar-refractivity contribution in [2.75, 3.05) is 32.8 Å². The molecule has 6 heteroatoms. The third-order valence-corrected chi connectivity index (χ3v) is 6.76. The molecular weight excluding hydrogens is 424 g/mol. The molecule has 1 aliphatic heterocycles. The molecule has 1 unspecified atom stereocenters. The predicted molar refractivity (Wildman–Crippen MR) is 129 cm³/mol. The van der Waals surface area contributed by atoms with Crippen LogP contribution in [-0.4, -0.2) is 43.7 Å². The van der Waals surface area contributed by atoms with E-state index in [1.165, 1.54) is 11.1 Å². The average molecular weight is 455 g/mol. The number of morpholine rings is 1. The molecule has 3 aromatic rings. The number of carbonyl (C=O) groups is 1. The van der Waals surface area contributed by atoms with E-state index in [0.717, 1.165) is 29.6 Å². The summed E-state index contributed by atoms with van der Waals surface area (Å²) >= 11 is 6.28. The van der Waals surface area contributed by atoms with Gasteiger partial charge in [0.05, 0.1) is 19.3 Å². The molecular formula is C26H31ClN2O3. The van der Waals surface area contributed by atoms with Crippen LogP contribution in [0, 0.1) is 13.8 Å². The summed E-state index contributed by atoms with van der Waals surface area (Å²) in [6.45, 7) is 11.8. The number of nitrogens with one attached hydrogen (secondary N) is 1. The Morgan fingerprint density at radius 3 is 2.41 bits per heavy atom. The molecule has 170 valence electrons. The summed E-state index contributed by atoms with van der Waals surface area (Å²) in [7, 11) is 0. The van der Waals surface area contributed by atoms with Crippen molar-refractivity contribution in [2.24, 2.45) is 0 Å². The van der Waals surface area contributed by atoms with Gasteiger partial charge < -0.3 is 14.5 Å². The second kappa shape index (κ2) is 9.65. The van der Waals surface area contributed by atoms with Gasteiger partial charge in [0, 0.05) is 35.6 Å². The number of amides is 1. The minimum atomic E-state index is -0.204. The number of fused-ring (bicyclic) bond motifs is 1. The third-order valence-electron chi connectivity index (χ3n) is 6.35. The van der Waals surface area contributed by atoms with Gasteiger partial charge in [-0.2, -0.15) is 0 Å². The first-order valence-electron chi connectivity index (χ1n) is 11.2. The first-order chi connectivity index (χ1) is 15.3. The molecule has 1 aromatic heterocycles. The van der Waals surface area contributed by atoms with Crippen molar-refractivity contribution >= 4 is 28.5 Å². The fourth-order valence-electron chi connectivity index (χ4n) is 4.28. The molecule has 32 heavy (non-hydrogen) atoms. The van der Waals surface area contributed by atoms with Crippen molar-refractivity contribution in [3.8, 4) is 0 Å². The zero-order valence-corrected chi connectivity index (χ0v) is 20.0. The molecule has 1 N–H and O–H groups in total. The lowest BCUT2D eigenvalue weighted by Crippen LogP contribution is -2.43. The van der Waals surface area contributed by atoms with E-state index < -0.39 is 0 Å². The number of hydrogen-bond donors (Lipinski definition) is 1. The number of halogens is 1. The third kappa shape index (κ3) is 4.70. The van der Waals surface area contributed by atoms with Crippen LogP contribution in [0.5, 0.6) is 0 Å². The second-order valence-electron chi connectivity index (χ2n) is 8.85. The van der Waals surface area contributed by atoms with Crippen molar-refractivity contribution in [1.82, 2.24) is 10.2 Å². The number of ether oxygens (including phenoxy) is 1. The summed E-state index contributed by atoms with van der Waals surface area (Å²) in [4.78, 5) is 15.5. The van der Waals surface area contributed by atoms with Crippen molar-refractivity contribution in [2.45, 2.75) is 39.7 Å². The van der Waals surface area contributed by atoms with Crippen LogP contribution < -0.4 is 5.32 Å². The van der Waals surface area contributed by atoms with Crippen LogP contribution in [0.25, 0.3) is 11.0 Å². The Hall–Kier alpha value is -2.34. The summed E-state index contributed by atoms with van der Waals surface area (Å²) in [5, 5.41) is 4.66. The van der Waals surface area contributed by atoms with Gasteiger partial charge in [0.2, 0.25) is 0 Å². The minimum absolute atomic E-state index is 0.0745. The number of hydrogen-bond acceptors (Lipinski definition) is 4. The Morgan fingerprint density at radius 2 is 1.75 bits per heavy atom. The molecule has 5 nitrogen and oxygen atoms in total. The molecule has 1 saturated heterocycles. The van der Waals surface area contributed by atoms with E-state index in [1.54, 1.807) is 0 Å². The van der Waals surface area contributed by atoms with Gasteiger partial charge in [-0.05, 0) is 48.6 Å². The zero-order valence-electron chi connectivity index (χ0n) is 19.2. The quantitative estimate of drug-likeness (QED) is 0.524. The van der Waals surface area contributed by atoms with Gasteiger partial charge in [-0.3, -0.25) is 9.69 Å². The van der Waals surface area contributed by atoms with Gasteiger partial charge in [-0.25, -0.2) is 0 Å². The van der Waals surface area contributed by atoms with Crippen molar-refractivity contribution in [1.29, 1.82) is 0 Å². The second-order valence-corrected chi connectivity index (χ2v) is 9.26. The van der Waals surface area contributed by atoms with Crippen LogP contribution in [0.4, 0.5) is 0 Å². The predicted octanol–water partition coefficient (Wildman–Crippen LogP) is 5.63. The van der Waals surface area contributed by atoms with E-state index in [2.05, 4.69) is 48.3 Å². The maximum atomic E-state index is 13.1. The highest BCUT2D eigenvalue weighted by atomic mass is 35.5. The lowest BCUT2D eigenvalue weighted by molar-refractivity contribution is 0.0161. The van der Waals surface area contributed by atoms with E-state index >= 15 is 0 Å². The monoisotopic (exact) mass is 454 g/mol. The van der Waals surface area contributed by atoms with Crippen molar-refractivity contribution < 1.29 is 13.9 Å². The van der Waals surface area contributed by atoms with Gasteiger partial charge in [-0.1, -0.05) is 49.7 Å². The Labute approximate surface area is 194 Å². The van der Waals surface area contributed by atoms with Gasteiger partial charge in [0.15, 0.2) is 5.76 Å². The van der Waals surface area contributed by atoms with Gasteiger partial charge in [0.25, 0.3) is 5.91 Å². The molecule has 0 radical (unpaired) electrons. The summed E-state index contributed by atoms with van der Waals surface area (Å²) in [5.74, 6) is 0.626. The molecule has 0 saturated carbocycles. The van der Waals surface area contributed by atoms with E-state index in [0.29, 0.717) is 42.0 Å². The number of benzene rings is 2. The van der Waals surface area contributed by atoms with Gasteiger partial charge in [0.1, 0.15) is 5.58 Å². The van der Waals surface area contributed by atoms with E-state index in [-0.39, 0.29) is 11.9 Å². The maximum absolute atomic E-state index is 13.1. The summed E-state index contributed by atoms with van der Waals surface area (Å²) in [5.41, 5.74) is 4.93. The number of rotatable bonds is 6. The molecule has 2 aromatic carbocycles. The largest absolute Gasteiger partial charge is 0.451 e. The molecule has 0 aliphatic carbocycles. The summed E-state index contributed by atoms with van der Waals surface area (Å²) in [6, 6.07) is 12.6. The van der Waals surface area contributed by atoms with Crippen LogP contribution in [0.2, 0.25) is 5.02 Å². The fourth-order valence-corrected chi connectivity index (χ4v) is 4.44. The highest BCUT2D eigenvalue weighted by molar-refractivity contribution is 6.32. The Morgan fingerprint density at radius 1 is 1.09 bits per heavy atom. The van der Waals surface area contributed by atoms with Crippen molar-refractivity contribution in [3.63, 3.8) is 0 Å². The first kappa shape index (κ1) is 22.8. The zero-order chi connectivity index (χ0) is 22.8. The molecule has 0 bridgehead atoms. The van der Waals surface area contributed by atoms with E-state index in [4.69, 9.17) is 20.8 Å². The molecule has 1 atom stereocenters.